The highest BCUT2D eigenvalue weighted by Gasteiger charge is 2.20. The van der Waals surface area contributed by atoms with E-state index in [1.54, 1.807) is 6.20 Å². The number of nitrogens with one attached hydrogen (secondary N) is 1. The molecule has 16 heavy (non-hydrogen) atoms. The van der Waals surface area contributed by atoms with E-state index in [-0.39, 0.29) is 0 Å². The van der Waals surface area contributed by atoms with Gasteiger partial charge < -0.3 is 10.2 Å². The highest BCUT2D eigenvalue weighted by molar-refractivity contribution is 6.30. The molecule has 0 aromatic carbocycles. The summed E-state index contributed by atoms with van der Waals surface area (Å²) in [6.45, 7) is 3.88. The average Bonchev–Trinajstić information content (AvgIpc) is 2.33. The van der Waals surface area contributed by atoms with E-state index >= 15 is 0 Å². The van der Waals surface area contributed by atoms with E-state index in [0.717, 1.165) is 24.6 Å². The fourth-order valence-corrected chi connectivity index (χ4v) is 2.08. The van der Waals surface area contributed by atoms with Gasteiger partial charge in [0.1, 0.15) is 5.15 Å². The number of halogens is 1. The zero-order valence-electron chi connectivity index (χ0n) is 9.70. The monoisotopic (exact) mass is 240 g/mol. The molecule has 1 saturated heterocycles. The minimum Gasteiger partial charge on any atom is -0.339 e. The fourth-order valence-electron chi connectivity index (χ4n) is 1.96. The molecule has 2 heterocycles. The van der Waals surface area contributed by atoms with Crippen LogP contribution in [0, 0.1) is 6.92 Å². The van der Waals surface area contributed by atoms with Crippen molar-refractivity contribution in [1.29, 1.82) is 0 Å². The van der Waals surface area contributed by atoms with Crippen molar-refractivity contribution in [3.8, 4) is 0 Å². The van der Waals surface area contributed by atoms with E-state index in [4.69, 9.17) is 11.6 Å². The predicted molar refractivity (Wildman–Crippen MR) is 66.1 cm³/mol. The van der Waals surface area contributed by atoms with Crippen LogP contribution in [-0.4, -0.2) is 36.1 Å². The van der Waals surface area contributed by atoms with Gasteiger partial charge in [-0.3, -0.25) is 0 Å². The van der Waals surface area contributed by atoms with Crippen molar-refractivity contribution in [2.75, 3.05) is 25.0 Å². The standard InChI is InChI=1S/C11H17ClN4/c1-8-6-14-11(15-10(8)12)16-5-3-4-9(7-16)13-2/h6,9,13H,3-5,7H2,1-2H3. The summed E-state index contributed by atoms with van der Waals surface area (Å²) in [5.74, 6) is 0.746. The second-order valence-corrected chi connectivity index (χ2v) is 4.58. The smallest absolute Gasteiger partial charge is 0.226 e. The quantitative estimate of drug-likeness (QED) is 0.798. The maximum atomic E-state index is 6.01. The number of hydrogen-bond acceptors (Lipinski definition) is 4. The highest BCUT2D eigenvalue weighted by atomic mass is 35.5. The van der Waals surface area contributed by atoms with E-state index in [2.05, 4.69) is 20.2 Å². The summed E-state index contributed by atoms with van der Waals surface area (Å²) in [5, 5.41) is 3.85. The maximum Gasteiger partial charge on any atom is 0.226 e. The van der Waals surface area contributed by atoms with Gasteiger partial charge in [-0.1, -0.05) is 11.6 Å². The van der Waals surface area contributed by atoms with Crippen LogP contribution in [0.25, 0.3) is 0 Å². The molecule has 1 aromatic rings. The Bertz CT molecular complexity index is 369. The van der Waals surface area contributed by atoms with Crippen molar-refractivity contribution in [3.63, 3.8) is 0 Å². The van der Waals surface area contributed by atoms with E-state index in [9.17, 15) is 0 Å². The van der Waals surface area contributed by atoms with Gasteiger partial charge in [-0.05, 0) is 26.8 Å². The van der Waals surface area contributed by atoms with Crippen LogP contribution in [-0.2, 0) is 0 Å². The topological polar surface area (TPSA) is 41.0 Å². The molecule has 4 nitrogen and oxygen atoms in total. The Hall–Kier alpha value is -0.870. The Morgan fingerprint density at radius 2 is 2.38 bits per heavy atom. The lowest BCUT2D eigenvalue weighted by atomic mass is 10.1. The fraction of sp³-hybridized carbons (Fsp3) is 0.636. The molecule has 0 bridgehead atoms. The minimum absolute atomic E-state index is 0.525. The molecular weight excluding hydrogens is 224 g/mol. The first-order valence-electron chi connectivity index (χ1n) is 5.62. The lowest BCUT2D eigenvalue weighted by Crippen LogP contribution is -2.45. The molecule has 0 spiro atoms. The van der Waals surface area contributed by atoms with Gasteiger partial charge in [-0.2, -0.15) is 0 Å². The Balaban J connectivity index is 2.13. The molecular formula is C11H17ClN4. The Kier molecular flexibility index (Phi) is 3.61. The van der Waals surface area contributed by atoms with Crippen LogP contribution in [0.4, 0.5) is 5.95 Å². The SMILES string of the molecule is CNC1CCCN(c2ncc(C)c(Cl)n2)C1. The molecule has 1 unspecified atom stereocenters. The number of rotatable bonds is 2. The van der Waals surface area contributed by atoms with Crippen LogP contribution in [0.1, 0.15) is 18.4 Å². The number of likely N-dealkylation sites (N-methyl/N-ethyl adjacent to an activating group) is 1. The van der Waals surface area contributed by atoms with Gasteiger partial charge in [0.15, 0.2) is 0 Å². The van der Waals surface area contributed by atoms with Crippen LogP contribution in [0.3, 0.4) is 0 Å². The minimum atomic E-state index is 0.525. The molecule has 1 aliphatic heterocycles. The molecule has 1 atom stereocenters. The summed E-state index contributed by atoms with van der Waals surface area (Å²) in [7, 11) is 2.00. The number of anilines is 1. The number of hydrogen-bond donors (Lipinski definition) is 1. The number of nitrogens with zero attached hydrogens (tertiary/aromatic N) is 3. The molecule has 0 saturated carbocycles. The van der Waals surface area contributed by atoms with Crippen LogP contribution in [0.2, 0.25) is 5.15 Å². The zero-order chi connectivity index (χ0) is 11.5. The summed E-state index contributed by atoms with van der Waals surface area (Å²) in [4.78, 5) is 10.8. The third-order valence-corrected chi connectivity index (χ3v) is 3.39. The van der Waals surface area contributed by atoms with Gasteiger partial charge in [-0.15, -0.1) is 0 Å². The van der Waals surface area contributed by atoms with Crippen molar-refractivity contribution in [3.05, 3.63) is 16.9 Å². The Labute approximate surface area is 101 Å². The first-order valence-corrected chi connectivity index (χ1v) is 6.00. The number of piperidine rings is 1. The number of aromatic nitrogens is 2. The van der Waals surface area contributed by atoms with Crippen LogP contribution in [0.5, 0.6) is 0 Å². The summed E-state index contributed by atoms with van der Waals surface area (Å²) in [6, 6.07) is 0.525. The third-order valence-electron chi connectivity index (χ3n) is 3.01. The van der Waals surface area contributed by atoms with Gasteiger partial charge >= 0.3 is 0 Å². The van der Waals surface area contributed by atoms with Crippen molar-refractivity contribution < 1.29 is 0 Å². The van der Waals surface area contributed by atoms with Gasteiger partial charge in [0, 0.05) is 30.9 Å². The van der Waals surface area contributed by atoms with Gasteiger partial charge in [-0.25, -0.2) is 9.97 Å². The molecule has 1 aromatic heterocycles. The summed E-state index contributed by atoms with van der Waals surface area (Å²) < 4.78 is 0. The maximum absolute atomic E-state index is 6.01. The molecule has 0 radical (unpaired) electrons. The van der Waals surface area contributed by atoms with Crippen molar-refractivity contribution in [2.45, 2.75) is 25.8 Å². The second kappa shape index (κ2) is 4.97. The molecule has 2 rings (SSSR count). The van der Waals surface area contributed by atoms with E-state index in [1.807, 2.05) is 14.0 Å². The van der Waals surface area contributed by atoms with Gasteiger partial charge in [0.25, 0.3) is 0 Å². The molecule has 5 heteroatoms. The predicted octanol–water partition coefficient (Wildman–Crippen LogP) is 1.63. The Morgan fingerprint density at radius 1 is 1.56 bits per heavy atom. The molecule has 0 aliphatic carbocycles. The molecule has 0 amide bonds. The molecule has 88 valence electrons. The molecule has 1 N–H and O–H groups in total. The lowest BCUT2D eigenvalue weighted by molar-refractivity contribution is 0.445. The van der Waals surface area contributed by atoms with Crippen molar-refractivity contribution in [1.82, 2.24) is 15.3 Å². The van der Waals surface area contributed by atoms with Crippen LogP contribution < -0.4 is 10.2 Å². The van der Waals surface area contributed by atoms with Crippen molar-refractivity contribution in [2.24, 2.45) is 0 Å². The van der Waals surface area contributed by atoms with Crippen molar-refractivity contribution >= 4 is 17.5 Å². The van der Waals surface area contributed by atoms with Crippen LogP contribution in [0.15, 0.2) is 6.20 Å². The highest BCUT2D eigenvalue weighted by Crippen LogP contribution is 2.19. The lowest BCUT2D eigenvalue weighted by Gasteiger charge is -2.32. The normalized spacial score (nSPS) is 21.2. The average molecular weight is 241 g/mol. The van der Waals surface area contributed by atoms with Gasteiger partial charge in [0.2, 0.25) is 5.95 Å². The number of aryl methyl sites for hydroxylation is 1. The third kappa shape index (κ3) is 2.44. The van der Waals surface area contributed by atoms with E-state index in [0.29, 0.717) is 11.2 Å². The molecule has 1 aliphatic rings. The first kappa shape index (κ1) is 11.6. The van der Waals surface area contributed by atoms with E-state index in [1.165, 1.54) is 12.8 Å². The second-order valence-electron chi connectivity index (χ2n) is 4.22. The summed E-state index contributed by atoms with van der Waals surface area (Å²) in [5.41, 5.74) is 0.924. The van der Waals surface area contributed by atoms with Gasteiger partial charge in [0.05, 0.1) is 0 Å². The Morgan fingerprint density at radius 3 is 3.06 bits per heavy atom. The first-order chi connectivity index (χ1) is 7.70. The zero-order valence-corrected chi connectivity index (χ0v) is 10.5. The van der Waals surface area contributed by atoms with E-state index < -0.39 is 0 Å². The summed E-state index contributed by atoms with van der Waals surface area (Å²) >= 11 is 6.01. The largest absolute Gasteiger partial charge is 0.339 e. The summed E-state index contributed by atoms with van der Waals surface area (Å²) in [6.07, 6.45) is 4.17. The molecule has 1 fully saturated rings. The van der Waals surface area contributed by atoms with Crippen LogP contribution >= 0.6 is 11.6 Å².